The number of anilines is 1. The Hall–Kier alpha value is -1.62. The summed E-state index contributed by atoms with van der Waals surface area (Å²) >= 11 is 0. The number of nitro groups is 1. The number of nitrogens with zero attached hydrogens (tertiary/aromatic N) is 2. The van der Waals surface area contributed by atoms with Gasteiger partial charge in [-0.05, 0) is 38.3 Å². The minimum Gasteiger partial charge on any atom is -0.393 e. The van der Waals surface area contributed by atoms with Crippen LogP contribution < -0.4 is 4.90 Å². The van der Waals surface area contributed by atoms with Gasteiger partial charge in [0.15, 0.2) is 0 Å². The van der Waals surface area contributed by atoms with Gasteiger partial charge in [0.05, 0.1) is 11.0 Å². The number of aryl methyl sites for hydroxylation is 1. The third-order valence-electron chi connectivity index (χ3n) is 3.81. The van der Waals surface area contributed by atoms with Crippen LogP contribution in [0.3, 0.4) is 0 Å². The minimum atomic E-state index is -0.368. The van der Waals surface area contributed by atoms with E-state index in [0.717, 1.165) is 24.9 Å². The Morgan fingerprint density at radius 1 is 1.53 bits per heavy atom. The average Bonchev–Trinajstić information content (AvgIpc) is 2.38. The van der Waals surface area contributed by atoms with Crippen LogP contribution in [-0.2, 0) is 0 Å². The molecule has 0 radical (unpaired) electrons. The molecule has 1 N–H and O–H groups in total. The van der Waals surface area contributed by atoms with E-state index >= 15 is 0 Å². The van der Waals surface area contributed by atoms with Crippen molar-refractivity contribution in [2.75, 3.05) is 18.0 Å². The third kappa shape index (κ3) is 3.04. The number of nitro benzene ring substituents is 1. The van der Waals surface area contributed by atoms with Crippen molar-refractivity contribution in [1.82, 2.24) is 0 Å². The Balaban J connectivity index is 2.28. The zero-order valence-corrected chi connectivity index (χ0v) is 11.4. The Bertz CT molecular complexity index is 474. The van der Waals surface area contributed by atoms with E-state index in [2.05, 4.69) is 0 Å². The molecule has 19 heavy (non-hydrogen) atoms. The summed E-state index contributed by atoms with van der Waals surface area (Å²) in [6.07, 6.45) is 1.57. The first-order valence-corrected chi connectivity index (χ1v) is 6.67. The van der Waals surface area contributed by atoms with E-state index in [1.807, 2.05) is 24.0 Å². The predicted molar refractivity (Wildman–Crippen MR) is 74.5 cm³/mol. The topological polar surface area (TPSA) is 66.6 Å². The zero-order chi connectivity index (χ0) is 14.0. The number of rotatable bonds is 3. The molecule has 0 bridgehead atoms. The highest BCUT2D eigenvalue weighted by atomic mass is 16.6. The molecule has 0 amide bonds. The first-order chi connectivity index (χ1) is 8.99. The lowest BCUT2D eigenvalue weighted by atomic mass is 9.93. The maximum absolute atomic E-state index is 11.2. The molecule has 104 valence electrons. The minimum absolute atomic E-state index is 0.159. The van der Waals surface area contributed by atoms with Gasteiger partial charge in [-0.2, -0.15) is 0 Å². The fraction of sp³-hybridized carbons (Fsp3) is 0.571. The number of hydrogen-bond donors (Lipinski definition) is 1. The van der Waals surface area contributed by atoms with E-state index in [4.69, 9.17) is 0 Å². The second-order valence-corrected chi connectivity index (χ2v) is 5.34. The van der Waals surface area contributed by atoms with Crippen LogP contribution in [0.2, 0.25) is 0 Å². The molecule has 1 fully saturated rings. The lowest BCUT2D eigenvalue weighted by Gasteiger charge is -2.35. The standard InChI is InChI=1S/C14H20N2O3/c1-10-5-6-13(14(8-10)16(18)19)15-7-3-4-12(9-15)11(2)17/h5-6,8,11-12,17H,3-4,7,9H2,1-2H3. The predicted octanol–water partition coefficient (Wildman–Crippen LogP) is 2.50. The molecule has 1 aromatic carbocycles. The smallest absolute Gasteiger partial charge is 0.292 e. The maximum atomic E-state index is 11.2. The summed E-state index contributed by atoms with van der Waals surface area (Å²) in [4.78, 5) is 12.9. The van der Waals surface area contributed by atoms with E-state index < -0.39 is 0 Å². The van der Waals surface area contributed by atoms with Crippen molar-refractivity contribution in [3.05, 3.63) is 33.9 Å². The molecule has 5 heteroatoms. The SMILES string of the molecule is Cc1ccc(N2CCCC(C(C)O)C2)c([N+](=O)[O-])c1. The van der Waals surface area contributed by atoms with Crippen LogP contribution in [0.1, 0.15) is 25.3 Å². The number of benzene rings is 1. The molecule has 2 unspecified atom stereocenters. The molecule has 5 nitrogen and oxygen atoms in total. The summed E-state index contributed by atoms with van der Waals surface area (Å²) in [5.74, 6) is 0.189. The fourth-order valence-corrected chi connectivity index (χ4v) is 2.67. The van der Waals surface area contributed by atoms with Gasteiger partial charge < -0.3 is 10.0 Å². The van der Waals surface area contributed by atoms with Gasteiger partial charge in [0.25, 0.3) is 5.69 Å². The monoisotopic (exact) mass is 264 g/mol. The van der Waals surface area contributed by atoms with Crippen molar-refractivity contribution < 1.29 is 10.0 Å². The van der Waals surface area contributed by atoms with Crippen LogP contribution in [-0.4, -0.2) is 29.2 Å². The molecule has 1 saturated heterocycles. The van der Waals surface area contributed by atoms with Gasteiger partial charge in [-0.1, -0.05) is 6.07 Å². The molecule has 0 spiro atoms. The van der Waals surface area contributed by atoms with Crippen molar-refractivity contribution in [1.29, 1.82) is 0 Å². The van der Waals surface area contributed by atoms with E-state index in [0.29, 0.717) is 12.2 Å². The third-order valence-corrected chi connectivity index (χ3v) is 3.81. The van der Waals surface area contributed by atoms with E-state index in [-0.39, 0.29) is 22.6 Å². The summed E-state index contributed by atoms with van der Waals surface area (Å²) < 4.78 is 0. The molecule has 2 rings (SSSR count). The van der Waals surface area contributed by atoms with E-state index in [1.54, 1.807) is 13.0 Å². The highest BCUT2D eigenvalue weighted by Gasteiger charge is 2.27. The molecule has 0 saturated carbocycles. The molecular weight excluding hydrogens is 244 g/mol. The molecule has 1 aliphatic heterocycles. The van der Waals surface area contributed by atoms with Crippen molar-refractivity contribution in [3.8, 4) is 0 Å². The van der Waals surface area contributed by atoms with Crippen molar-refractivity contribution in [3.63, 3.8) is 0 Å². The fourth-order valence-electron chi connectivity index (χ4n) is 2.67. The highest BCUT2D eigenvalue weighted by Crippen LogP contribution is 2.32. The van der Waals surface area contributed by atoms with Crippen LogP contribution in [0.4, 0.5) is 11.4 Å². The van der Waals surface area contributed by atoms with Gasteiger partial charge in [0.1, 0.15) is 5.69 Å². The molecule has 1 heterocycles. The number of aliphatic hydroxyl groups is 1. The van der Waals surface area contributed by atoms with Crippen molar-refractivity contribution in [2.24, 2.45) is 5.92 Å². The molecule has 1 aliphatic rings. The highest BCUT2D eigenvalue weighted by molar-refractivity contribution is 5.64. The van der Waals surface area contributed by atoms with Gasteiger partial charge in [0.2, 0.25) is 0 Å². The van der Waals surface area contributed by atoms with Crippen LogP contribution in [0.5, 0.6) is 0 Å². The maximum Gasteiger partial charge on any atom is 0.292 e. The number of hydrogen-bond acceptors (Lipinski definition) is 4. The first-order valence-electron chi connectivity index (χ1n) is 6.67. The number of piperidine rings is 1. The molecular formula is C14H20N2O3. The number of aliphatic hydroxyl groups excluding tert-OH is 1. The molecule has 0 aromatic heterocycles. The Morgan fingerprint density at radius 2 is 2.26 bits per heavy atom. The van der Waals surface area contributed by atoms with E-state index in [1.165, 1.54) is 0 Å². The van der Waals surface area contributed by atoms with Gasteiger partial charge >= 0.3 is 0 Å². The van der Waals surface area contributed by atoms with Crippen molar-refractivity contribution >= 4 is 11.4 Å². The van der Waals surface area contributed by atoms with Crippen molar-refractivity contribution in [2.45, 2.75) is 32.8 Å². The van der Waals surface area contributed by atoms with Gasteiger partial charge in [-0.3, -0.25) is 10.1 Å². The van der Waals surface area contributed by atoms with Gasteiger partial charge in [-0.15, -0.1) is 0 Å². The summed E-state index contributed by atoms with van der Waals surface area (Å²) in [6.45, 7) is 5.14. The summed E-state index contributed by atoms with van der Waals surface area (Å²) in [6, 6.07) is 5.33. The Labute approximate surface area is 113 Å². The normalized spacial score (nSPS) is 21.2. The van der Waals surface area contributed by atoms with Crippen LogP contribution in [0, 0.1) is 23.0 Å². The zero-order valence-electron chi connectivity index (χ0n) is 11.4. The molecule has 0 aliphatic carbocycles. The van der Waals surface area contributed by atoms with Crippen LogP contribution in [0.25, 0.3) is 0 Å². The summed E-state index contributed by atoms with van der Waals surface area (Å²) in [7, 11) is 0. The molecule has 2 atom stereocenters. The van der Waals surface area contributed by atoms with Gasteiger partial charge in [-0.25, -0.2) is 0 Å². The van der Waals surface area contributed by atoms with Crippen LogP contribution in [0.15, 0.2) is 18.2 Å². The summed E-state index contributed by atoms with van der Waals surface area (Å²) in [5, 5.41) is 20.9. The Morgan fingerprint density at radius 3 is 2.89 bits per heavy atom. The largest absolute Gasteiger partial charge is 0.393 e. The second-order valence-electron chi connectivity index (χ2n) is 5.34. The average molecular weight is 264 g/mol. The second kappa shape index (κ2) is 5.57. The first kappa shape index (κ1) is 13.8. The summed E-state index contributed by atoms with van der Waals surface area (Å²) in [5.41, 5.74) is 1.71. The Kier molecular flexibility index (Phi) is 4.04. The van der Waals surface area contributed by atoms with E-state index in [9.17, 15) is 15.2 Å². The lowest BCUT2D eigenvalue weighted by molar-refractivity contribution is -0.384. The van der Waals surface area contributed by atoms with Gasteiger partial charge in [0, 0.05) is 25.1 Å². The molecule has 1 aromatic rings. The van der Waals surface area contributed by atoms with Crippen LogP contribution >= 0.6 is 0 Å². The lowest BCUT2D eigenvalue weighted by Crippen LogP contribution is -2.39. The quantitative estimate of drug-likeness (QED) is 0.673.